The van der Waals surface area contributed by atoms with Crippen LogP contribution in [-0.4, -0.2) is 14.4 Å². The number of hydrogen-bond acceptors (Lipinski definition) is 5. The van der Waals surface area contributed by atoms with Gasteiger partial charge in [-0.05, 0) is 31.2 Å². The average Bonchev–Trinajstić information content (AvgIpc) is 3.18. The van der Waals surface area contributed by atoms with Gasteiger partial charge in [0, 0.05) is 22.8 Å². The van der Waals surface area contributed by atoms with E-state index < -0.39 is 0 Å². The van der Waals surface area contributed by atoms with Crippen LogP contribution in [0.2, 0.25) is 0 Å². The number of nitrogens with two attached hydrogens (primary N) is 1. The van der Waals surface area contributed by atoms with Gasteiger partial charge in [-0.2, -0.15) is 0 Å². The van der Waals surface area contributed by atoms with Gasteiger partial charge < -0.3 is 10.2 Å². The Labute approximate surface area is 124 Å². The lowest BCUT2D eigenvalue weighted by molar-refractivity contribution is 0.579. The van der Waals surface area contributed by atoms with Crippen molar-refractivity contribution in [3.63, 3.8) is 0 Å². The van der Waals surface area contributed by atoms with Gasteiger partial charge in [-0.25, -0.2) is 4.98 Å². The zero-order chi connectivity index (χ0) is 14.4. The second-order valence-electron chi connectivity index (χ2n) is 4.68. The molecule has 0 saturated carbocycles. The first-order chi connectivity index (χ1) is 10.3. The van der Waals surface area contributed by atoms with Gasteiger partial charge in [0.15, 0.2) is 10.7 Å². The molecule has 0 aliphatic rings. The van der Waals surface area contributed by atoms with Crippen LogP contribution in [0.3, 0.4) is 0 Å². The molecular formula is C15H12N4OS. The summed E-state index contributed by atoms with van der Waals surface area (Å²) in [7, 11) is 0. The van der Waals surface area contributed by atoms with Crippen molar-refractivity contribution in [2.45, 2.75) is 6.92 Å². The molecule has 6 heteroatoms. The number of fused-ring (bicyclic) bond motifs is 1. The molecule has 5 nitrogen and oxygen atoms in total. The van der Waals surface area contributed by atoms with E-state index >= 15 is 0 Å². The lowest BCUT2D eigenvalue weighted by Crippen LogP contribution is -1.95. The number of rotatable bonds is 2. The molecule has 4 rings (SSSR count). The fraction of sp³-hybridized carbons (Fsp3) is 0.0667. The number of anilines is 1. The third-order valence-corrected chi connectivity index (χ3v) is 4.35. The topological polar surface area (TPSA) is 69.3 Å². The zero-order valence-corrected chi connectivity index (χ0v) is 12.1. The maximum atomic E-state index is 6.34. The molecule has 0 bridgehead atoms. The number of pyridine rings is 1. The number of imidazole rings is 1. The lowest BCUT2D eigenvalue weighted by atomic mass is 10.2. The minimum absolute atomic E-state index is 0.618. The van der Waals surface area contributed by atoms with Gasteiger partial charge in [-0.15, -0.1) is 11.3 Å². The highest BCUT2D eigenvalue weighted by Crippen LogP contribution is 2.37. The predicted molar refractivity (Wildman–Crippen MR) is 83.2 cm³/mol. The third kappa shape index (κ3) is 1.76. The lowest BCUT2D eigenvalue weighted by Gasteiger charge is -2.02. The Bertz CT molecular complexity index is 906. The zero-order valence-electron chi connectivity index (χ0n) is 11.3. The summed E-state index contributed by atoms with van der Waals surface area (Å²) in [6, 6.07) is 7.61. The van der Waals surface area contributed by atoms with Crippen LogP contribution < -0.4 is 5.73 Å². The number of hydrogen-bond donors (Lipinski definition) is 1. The van der Waals surface area contributed by atoms with Crippen LogP contribution in [0.1, 0.15) is 4.88 Å². The predicted octanol–water partition coefficient (Wildman–Crippen LogP) is 3.61. The molecular weight excluding hydrogens is 284 g/mol. The number of furan rings is 1. The molecule has 2 N–H and O–H groups in total. The Hall–Kier alpha value is -2.60. The second-order valence-corrected chi connectivity index (χ2v) is 5.87. The fourth-order valence-electron chi connectivity index (χ4n) is 2.46. The number of nitrogens with zero attached hydrogens (tertiary/aromatic N) is 3. The highest BCUT2D eigenvalue weighted by Gasteiger charge is 2.20. The van der Waals surface area contributed by atoms with Crippen LogP contribution in [0.4, 0.5) is 5.82 Å². The minimum atomic E-state index is 0.618. The molecule has 4 aromatic rings. The van der Waals surface area contributed by atoms with Crippen molar-refractivity contribution in [1.29, 1.82) is 0 Å². The van der Waals surface area contributed by atoms with Crippen LogP contribution in [0.5, 0.6) is 0 Å². The van der Waals surface area contributed by atoms with E-state index in [0.717, 1.165) is 32.5 Å². The molecule has 0 saturated heterocycles. The van der Waals surface area contributed by atoms with Gasteiger partial charge in [0.2, 0.25) is 0 Å². The molecule has 0 spiro atoms. The van der Waals surface area contributed by atoms with E-state index in [1.807, 2.05) is 35.6 Å². The second kappa shape index (κ2) is 4.46. The summed E-state index contributed by atoms with van der Waals surface area (Å²) in [5.41, 5.74) is 9.03. The Morgan fingerprint density at radius 3 is 2.76 bits per heavy atom. The van der Waals surface area contributed by atoms with Gasteiger partial charge in [-0.1, -0.05) is 0 Å². The van der Waals surface area contributed by atoms with Crippen LogP contribution >= 0.6 is 11.3 Å². The van der Waals surface area contributed by atoms with Gasteiger partial charge in [0.05, 0.1) is 6.26 Å². The Kier molecular flexibility index (Phi) is 2.58. The largest absolute Gasteiger partial charge is 0.463 e. The van der Waals surface area contributed by atoms with Gasteiger partial charge in [-0.3, -0.25) is 9.38 Å². The van der Waals surface area contributed by atoms with E-state index in [1.54, 1.807) is 30.0 Å². The first kappa shape index (κ1) is 12.2. The van der Waals surface area contributed by atoms with E-state index in [9.17, 15) is 0 Å². The molecule has 0 amide bonds. The summed E-state index contributed by atoms with van der Waals surface area (Å²) in [4.78, 5) is 10.7. The molecule has 0 radical (unpaired) electrons. The molecule has 0 aromatic carbocycles. The first-order valence-electron chi connectivity index (χ1n) is 6.47. The van der Waals surface area contributed by atoms with Gasteiger partial charge in [0.25, 0.3) is 0 Å². The molecule has 4 heterocycles. The monoisotopic (exact) mass is 296 g/mol. The summed E-state index contributed by atoms with van der Waals surface area (Å²) in [5, 5.41) is 0. The molecule has 104 valence electrons. The van der Waals surface area contributed by atoms with Crippen LogP contribution in [0.15, 0.2) is 47.3 Å². The SMILES string of the molecule is Cc1sc2nc(-c3ccncc3)c(N)n2c1-c1ccco1. The molecule has 0 aliphatic heterocycles. The number of nitrogen functional groups attached to an aromatic ring is 1. The van der Waals surface area contributed by atoms with Crippen LogP contribution in [0.25, 0.3) is 27.7 Å². The molecule has 4 aromatic heterocycles. The molecule has 0 unspecified atom stereocenters. The Morgan fingerprint density at radius 1 is 1.24 bits per heavy atom. The summed E-state index contributed by atoms with van der Waals surface area (Å²) < 4.78 is 7.48. The average molecular weight is 296 g/mol. The number of thiazole rings is 1. The quantitative estimate of drug-likeness (QED) is 0.613. The molecule has 21 heavy (non-hydrogen) atoms. The summed E-state index contributed by atoms with van der Waals surface area (Å²) >= 11 is 1.60. The van der Waals surface area contributed by atoms with Crippen molar-refractivity contribution in [2.24, 2.45) is 0 Å². The maximum absolute atomic E-state index is 6.34. The smallest absolute Gasteiger partial charge is 0.196 e. The van der Waals surface area contributed by atoms with E-state index in [1.165, 1.54) is 0 Å². The van der Waals surface area contributed by atoms with Gasteiger partial charge >= 0.3 is 0 Å². The van der Waals surface area contributed by atoms with E-state index in [-0.39, 0.29) is 0 Å². The van der Waals surface area contributed by atoms with Crippen molar-refractivity contribution >= 4 is 22.1 Å². The van der Waals surface area contributed by atoms with Gasteiger partial charge in [0.1, 0.15) is 17.2 Å². The minimum Gasteiger partial charge on any atom is -0.463 e. The highest BCUT2D eigenvalue weighted by molar-refractivity contribution is 7.17. The molecule has 0 aliphatic carbocycles. The highest BCUT2D eigenvalue weighted by atomic mass is 32.1. The van der Waals surface area contributed by atoms with E-state index in [2.05, 4.69) is 9.97 Å². The Morgan fingerprint density at radius 2 is 2.05 bits per heavy atom. The number of aryl methyl sites for hydroxylation is 1. The summed E-state index contributed by atoms with van der Waals surface area (Å²) in [5.74, 6) is 1.41. The van der Waals surface area contributed by atoms with Crippen LogP contribution in [0, 0.1) is 6.92 Å². The maximum Gasteiger partial charge on any atom is 0.196 e. The molecule has 0 fully saturated rings. The first-order valence-corrected chi connectivity index (χ1v) is 7.29. The molecule has 0 atom stereocenters. The summed E-state index contributed by atoms with van der Waals surface area (Å²) in [6.07, 6.45) is 5.14. The van der Waals surface area contributed by atoms with E-state index in [0.29, 0.717) is 5.82 Å². The summed E-state index contributed by atoms with van der Waals surface area (Å²) in [6.45, 7) is 2.04. The van der Waals surface area contributed by atoms with Crippen molar-refractivity contribution < 1.29 is 4.42 Å². The number of aromatic nitrogens is 3. The van der Waals surface area contributed by atoms with Crippen molar-refractivity contribution in [3.05, 3.63) is 47.8 Å². The van der Waals surface area contributed by atoms with E-state index in [4.69, 9.17) is 10.2 Å². The van der Waals surface area contributed by atoms with Crippen molar-refractivity contribution in [1.82, 2.24) is 14.4 Å². The fourth-order valence-corrected chi connectivity index (χ4v) is 3.44. The standard InChI is InChI=1S/C15H12N4OS/c1-9-13(11-3-2-8-20-11)19-14(16)12(18-15(19)21-9)10-4-6-17-7-5-10/h2-8H,16H2,1H3. The normalized spacial score (nSPS) is 11.3. The van der Waals surface area contributed by atoms with Crippen molar-refractivity contribution in [3.8, 4) is 22.7 Å². The third-order valence-electron chi connectivity index (χ3n) is 3.39. The van der Waals surface area contributed by atoms with Crippen LogP contribution in [-0.2, 0) is 0 Å². The van der Waals surface area contributed by atoms with Crippen molar-refractivity contribution in [2.75, 3.05) is 5.73 Å². The Balaban J connectivity index is 2.01.